The fraction of sp³-hybridized carbons (Fsp3) is 0.417. The van der Waals surface area contributed by atoms with Crippen molar-refractivity contribution >= 4 is 28.9 Å². The zero-order chi connectivity index (χ0) is 12.8. The van der Waals surface area contributed by atoms with Gasteiger partial charge in [0.25, 0.3) is 0 Å². The van der Waals surface area contributed by atoms with Gasteiger partial charge in [0.05, 0.1) is 22.9 Å². The van der Waals surface area contributed by atoms with E-state index in [4.69, 9.17) is 17.3 Å². The molecular weight excluding hydrogens is 238 g/mol. The quantitative estimate of drug-likeness (QED) is 0.790. The Bertz CT molecular complexity index is 395. The first kappa shape index (κ1) is 13.6. The van der Waals surface area contributed by atoms with Crippen molar-refractivity contribution in [1.29, 1.82) is 0 Å². The first-order chi connectivity index (χ1) is 8.10. The standard InChI is InChI=1S/C12H18ClN3O/c1-3-15-11(17)8-16(4-2)10-7-5-6-9(13)12(10)14/h5-7H,3-4,8,14H2,1-2H3,(H,15,17). The SMILES string of the molecule is CCNC(=O)CN(CC)c1cccc(Cl)c1N. The number of nitrogens with two attached hydrogens (primary N) is 1. The van der Waals surface area contributed by atoms with E-state index in [0.717, 1.165) is 5.69 Å². The van der Waals surface area contributed by atoms with Gasteiger partial charge in [-0.25, -0.2) is 0 Å². The molecule has 0 aromatic heterocycles. The van der Waals surface area contributed by atoms with Crippen molar-refractivity contribution in [3.05, 3.63) is 23.2 Å². The normalized spacial score (nSPS) is 10.1. The van der Waals surface area contributed by atoms with Crippen LogP contribution in [0.25, 0.3) is 0 Å². The molecule has 5 heteroatoms. The number of likely N-dealkylation sites (N-methyl/N-ethyl adjacent to an activating group) is 2. The largest absolute Gasteiger partial charge is 0.396 e. The summed E-state index contributed by atoms with van der Waals surface area (Å²) in [5.74, 6) is -0.0197. The molecule has 0 fully saturated rings. The molecule has 0 bridgehead atoms. The van der Waals surface area contributed by atoms with E-state index >= 15 is 0 Å². The lowest BCUT2D eigenvalue weighted by Gasteiger charge is -2.24. The van der Waals surface area contributed by atoms with Gasteiger partial charge in [-0.15, -0.1) is 0 Å². The van der Waals surface area contributed by atoms with E-state index in [0.29, 0.717) is 23.8 Å². The number of hydrogen-bond acceptors (Lipinski definition) is 3. The average Bonchev–Trinajstić information content (AvgIpc) is 2.30. The number of halogens is 1. The van der Waals surface area contributed by atoms with Gasteiger partial charge in [-0.3, -0.25) is 4.79 Å². The van der Waals surface area contributed by atoms with Crippen LogP contribution in [-0.4, -0.2) is 25.5 Å². The monoisotopic (exact) mass is 255 g/mol. The van der Waals surface area contributed by atoms with Gasteiger partial charge in [0, 0.05) is 13.1 Å². The van der Waals surface area contributed by atoms with Gasteiger partial charge in [-0.05, 0) is 26.0 Å². The molecule has 0 atom stereocenters. The van der Waals surface area contributed by atoms with Gasteiger partial charge < -0.3 is 16.0 Å². The van der Waals surface area contributed by atoms with Crippen LogP contribution < -0.4 is 16.0 Å². The molecule has 4 nitrogen and oxygen atoms in total. The Morgan fingerprint density at radius 3 is 2.76 bits per heavy atom. The number of hydrogen-bond donors (Lipinski definition) is 2. The van der Waals surface area contributed by atoms with Gasteiger partial charge in [-0.2, -0.15) is 0 Å². The summed E-state index contributed by atoms with van der Waals surface area (Å²) >= 11 is 5.96. The number of para-hydroxylation sites is 1. The zero-order valence-electron chi connectivity index (χ0n) is 10.2. The molecule has 17 heavy (non-hydrogen) atoms. The lowest BCUT2D eigenvalue weighted by molar-refractivity contribution is -0.119. The van der Waals surface area contributed by atoms with Gasteiger partial charge in [0.15, 0.2) is 0 Å². The van der Waals surface area contributed by atoms with Gasteiger partial charge in [0.2, 0.25) is 5.91 Å². The number of benzene rings is 1. The molecule has 0 unspecified atom stereocenters. The van der Waals surface area contributed by atoms with Crippen LogP contribution in [0.4, 0.5) is 11.4 Å². The number of nitrogens with zero attached hydrogens (tertiary/aromatic N) is 1. The maximum absolute atomic E-state index is 11.6. The third kappa shape index (κ3) is 3.53. The zero-order valence-corrected chi connectivity index (χ0v) is 10.9. The predicted octanol–water partition coefficient (Wildman–Crippen LogP) is 1.88. The van der Waals surface area contributed by atoms with Crippen LogP contribution in [0.3, 0.4) is 0 Å². The minimum atomic E-state index is -0.0197. The van der Waals surface area contributed by atoms with E-state index in [-0.39, 0.29) is 12.5 Å². The molecule has 0 aliphatic carbocycles. The summed E-state index contributed by atoms with van der Waals surface area (Å²) in [5, 5.41) is 3.27. The summed E-state index contributed by atoms with van der Waals surface area (Å²) in [6, 6.07) is 5.43. The Morgan fingerprint density at radius 1 is 1.47 bits per heavy atom. The minimum absolute atomic E-state index is 0.0197. The second kappa shape index (κ2) is 6.35. The fourth-order valence-electron chi connectivity index (χ4n) is 1.60. The van der Waals surface area contributed by atoms with E-state index in [1.165, 1.54) is 0 Å². The summed E-state index contributed by atoms with van der Waals surface area (Å²) in [6.07, 6.45) is 0. The molecule has 1 amide bonds. The van der Waals surface area contributed by atoms with E-state index in [1.807, 2.05) is 30.9 Å². The molecule has 0 spiro atoms. The lowest BCUT2D eigenvalue weighted by atomic mass is 10.2. The van der Waals surface area contributed by atoms with Crippen LogP contribution in [0.5, 0.6) is 0 Å². The van der Waals surface area contributed by atoms with Crippen molar-refractivity contribution in [3.63, 3.8) is 0 Å². The van der Waals surface area contributed by atoms with E-state index in [2.05, 4.69) is 5.32 Å². The summed E-state index contributed by atoms with van der Waals surface area (Å²) < 4.78 is 0. The van der Waals surface area contributed by atoms with Crippen molar-refractivity contribution in [3.8, 4) is 0 Å². The predicted molar refractivity (Wildman–Crippen MR) is 72.4 cm³/mol. The van der Waals surface area contributed by atoms with Crippen LogP contribution in [0, 0.1) is 0 Å². The number of rotatable bonds is 5. The second-order valence-electron chi connectivity index (χ2n) is 3.64. The second-order valence-corrected chi connectivity index (χ2v) is 4.05. The summed E-state index contributed by atoms with van der Waals surface area (Å²) in [7, 11) is 0. The van der Waals surface area contributed by atoms with Crippen LogP contribution in [0.1, 0.15) is 13.8 Å². The van der Waals surface area contributed by atoms with Crippen molar-refractivity contribution in [2.24, 2.45) is 0 Å². The van der Waals surface area contributed by atoms with Crippen molar-refractivity contribution in [2.45, 2.75) is 13.8 Å². The molecular formula is C12H18ClN3O. The Morgan fingerprint density at radius 2 is 2.18 bits per heavy atom. The van der Waals surface area contributed by atoms with Crippen molar-refractivity contribution in [2.75, 3.05) is 30.3 Å². The molecule has 0 aliphatic rings. The smallest absolute Gasteiger partial charge is 0.239 e. The Kier molecular flexibility index (Phi) is 5.10. The van der Waals surface area contributed by atoms with Gasteiger partial charge in [0.1, 0.15) is 0 Å². The topological polar surface area (TPSA) is 58.4 Å². The van der Waals surface area contributed by atoms with E-state index in [1.54, 1.807) is 6.07 Å². The minimum Gasteiger partial charge on any atom is -0.396 e. The number of amides is 1. The molecule has 0 aliphatic heterocycles. The van der Waals surface area contributed by atoms with Crippen molar-refractivity contribution in [1.82, 2.24) is 5.32 Å². The fourth-order valence-corrected chi connectivity index (χ4v) is 1.76. The lowest BCUT2D eigenvalue weighted by Crippen LogP contribution is -2.37. The number of anilines is 2. The Labute approximate surface area is 107 Å². The third-order valence-electron chi connectivity index (χ3n) is 2.46. The van der Waals surface area contributed by atoms with Crippen molar-refractivity contribution < 1.29 is 4.79 Å². The average molecular weight is 256 g/mol. The highest BCUT2D eigenvalue weighted by atomic mass is 35.5. The number of carbonyl (C=O) groups excluding carboxylic acids is 1. The number of carbonyl (C=O) groups is 1. The van der Waals surface area contributed by atoms with E-state index in [9.17, 15) is 4.79 Å². The number of nitrogen functional groups attached to an aromatic ring is 1. The Hall–Kier alpha value is -1.42. The van der Waals surface area contributed by atoms with Crippen LogP contribution in [0.15, 0.2) is 18.2 Å². The molecule has 1 rings (SSSR count). The highest BCUT2D eigenvalue weighted by Gasteiger charge is 2.13. The third-order valence-corrected chi connectivity index (χ3v) is 2.79. The highest BCUT2D eigenvalue weighted by molar-refractivity contribution is 6.33. The summed E-state index contributed by atoms with van der Waals surface area (Å²) in [6.45, 7) is 5.47. The Balaban J connectivity index is 2.86. The molecule has 3 N–H and O–H groups in total. The summed E-state index contributed by atoms with van der Waals surface area (Å²) in [5.41, 5.74) is 7.22. The van der Waals surface area contributed by atoms with Crippen LogP contribution >= 0.6 is 11.6 Å². The maximum atomic E-state index is 11.6. The van der Waals surface area contributed by atoms with Crippen LogP contribution in [0.2, 0.25) is 5.02 Å². The molecule has 0 heterocycles. The maximum Gasteiger partial charge on any atom is 0.239 e. The highest BCUT2D eigenvalue weighted by Crippen LogP contribution is 2.29. The van der Waals surface area contributed by atoms with E-state index < -0.39 is 0 Å². The molecule has 0 radical (unpaired) electrons. The molecule has 0 saturated heterocycles. The summed E-state index contributed by atoms with van der Waals surface area (Å²) in [4.78, 5) is 13.5. The molecule has 94 valence electrons. The first-order valence-corrected chi connectivity index (χ1v) is 6.03. The van der Waals surface area contributed by atoms with Gasteiger partial charge in [-0.1, -0.05) is 17.7 Å². The molecule has 1 aromatic carbocycles. The van der Waals surface area contributed by atoms with Crippen LogP contribution in [-0.2, 0) is 4.79 Å². The molecule has 1 aromatic rings. The number of nitrogens with one attached hydrogen (secondary N) is 1. The molecule has 0 saturated carbocycles. The van der Waals surface area contributed by atoms with Gasteiger partial charge >= 0.3 is 0 Å². The first-order valence-electron chi connectivity index (χ1n) is 5.65.